The van der Waals surface area contributed by atoms with Crippen molar-refractivity contribution in [3.63, 3.8) is 0 Å². The molecular weight excluding hydrogens is 186 g/mol. The van der Waals surface area contributed by atoms with Gasteiger partial charge in [0.15, 0.2) is 0 Å². The highest BCUT2D eigenvalue weighted by Crippen LogP contribution is 2.23. The molecular formula is C8H13N3OS. The highest BCUT2D eigenvalue weighted by molar-refractivity contribution is 7.82. The van der Waals surface area contributed by atoms with Crippen LogP contribution in [-0.2, 0) is 11.0 Å². The number of nitrogen functional groups attached to an aromatic ring is 2. The second-order valence-electron chi connectivity index (χ2n) is 2.82. The second-order valence-corrected chi connectivity index (χ2v) is 4.49. The van der Waals surface area contributed by atoms with Gasteiger partial charge in [-0.15, -0.1) is 0 Å². The molecule has 0 bridgehead atoms. The summed E-state index contributed by atoms with van der Waals surface area (Å²) < 4.78 is 13.2. The Morgan fingerprint density at radius 2 is 1.92 bits per heavy atom. The first kappa shape index (κ1) is 10.0. The Morgan fingerprint density at radius 1 is 1.31 bits per heavy atom. The molecule has 0 spiro atoms. The molecule has 0 aromatic heterocycles. The van der Waals surface area contributed by atoms with Gasteiger partial charge in [-0.25, -0.2) is 8.51 Å². The zero-order chi connectivity index (χ0) is 10.0. The second kappa shape index (κ2) is 3.76. The minimum Gasteiger partial charge on any atom is -0.397 e. The molecule has 0 fully saturated rings. The average Bonchev–Trinajstić information content (AvgIpc) is 2.08. The van der Waals surface area contributed by atoms with Gasteiger partial charge >= 0.3 is 0 Å². The summed E-state index contributed by atoms with van der Waals surface area (Å²) in [6.07, 6.45) is 0. The van der Waals surface area contributed by atoms with Crippen LogP contribution < -0.4 is 11.5 Å². The lowest BCUT2D eigenvalue weighted by molar-refractivity contribution is 0.603. The number of hydrogen-bond donors (Lipinski definition) is 2. The average molecular weight is 199 g/mol. The van der Waals surface area contributed by atoms with Crippen LogP contribution in [0.25, 0.3) is 0 Å². The van der Waals surface area contributed by atoms with E-state index in [9.17, 15) is 4.21 Å². The zero-order valence-electron chi connectivity index (χ0n) is 7.65. The Bertz CT molecular complexity index is 338. The minimum absolute atomic E-state index is 0.398. The van der Waals surface area contributed by atoms with Gasteiger partial charge in [0.2, 0.25) is 0 Å². The highest BCUT2D eigenvalue weighted by Gasteiger charge is 2.11. The number of para-hydroxylation sites is 1. The van der Waals surface area contributed by atoms with Crippen molar-refractivity contribution in [2.24, 2.45) is 0 Å². The Balaban J connectivity index is 3.15. The number of hydrogen-bond acceptors (Lipinski definition) is 3. The standard InChI is InChI=1S/C8H13N3OS/c1-11(2)13(12)7-5-3-4-6(9)8(7)10/h3-5H,9-10H2,1-2H3. The highest BCUT2D eigenvalue weighted by atomic mass is 32.2. The third-order valence-corrected chi connectivity index (χ3v) is 3.02. The molecule has 4 N–H and O–H groups in total. The predicted octanol–water partition coefficient (Wildman–Crippen LogP) is 0.435. The Hall–Kier alpha value is -1.07. The normalized spacial score (nSPS) is 13.2. The smallest absolute Gasteiger partial charge is 0.129 e. The third-order valence-electron chi connectivity index (χ3n) is 1.62. The molecule has 0 radical (unpaired) electrons. The van der Waals surface area contributed by atoms with Gasteiger partial charge in [0.05, 0.1) is 16.3 Å². The van der Waals surface area contributed by atoms with Crippen LogP contribution in [0.3, 0.4) is 0 Å². The van der Waals surface area contributed by atoms with Crippen LogP contribution in [0, 0.1) is 0 Å². The molecule has 1 aromatic rings. The first-order valence-corrected chi connectivity index (χ1v) is 4.88. The largest absolute Gasteiger partial charge is 0.397 e. The molecule has 0 saturated carbocycles. The van der Waals surface area contributed by atoms with Gasteiger partial charge in [-0.05, 0) is 26.2 Å². The van der Waals surface area contributed by atoms with E-state index in [0.29, 0.717) is 16.3 Å². The molecule has 13 heavy (non-hydrogen) atoms. The monoisotopic (exact) mass is 199 g/mol. The summed E-state index contributed by atoms with van der Waals surface area (Å²) in [4.78, 5) is 0.560. The fourth-order valence-corrected chi connectivity index (χ4v) is 1.80. The van der Waals surface area contributed by atoms with Gasteiger partial charge in [0.25, 0.3) is 0 Å². The molecule has 0 heterocycles. The fraction of sp³-hybridized carbons (Fsp3) is 0.250. The summed E-state index contributed by atoms with van der Waals surface area (Å²) in [5.74, 6) is 0. The van der Waals surface area contributed by atoms with Crippen LogP contribution >= 0.6 is 0 Å². The molecule has 5 heteroatoms. The van der Waals surface area contributed by atoms with E-state index in [-0.39, 0.29) is 0 Å². The van der Waals surface area contributed by atoms with E-state index < -0.39 is 11.0 Å². The molecule has 0 aliphatic rings. The van der Waals surface area contributed by atoms with Crippen LogP contribution in [0.4, 0.5) is 11.4 Å². The fourth-order valence-electron chi connectivity index (χ4n) is 0.910. The Labute approximate surface area is 80.1 Å². The lowest BCUT2D eigenvalue weighted by atomic mass is 10.3. The molecule has 1 rings (SSSR count). The van der Waals surface area contributed by atoms with E-state index in [0.717, 1.165) is 0 Å². The maximum Gasteiger partial charge on any atom is 0.129 e. The van der Waals surface area contributed by atoms with E-state index in [4.69, 9.17) is 11.5 Å². The number of nitrogens with two attached hydrogens (primary N) is 2. The van der Waals surface area contributed by atoms with Crippen LogP contribution in [-0.4, -0.2) is 22.6 Å². The van der Waals surface area contributed by atoms with Crippen molar-refractivity contribution in [1.82, 2.24) is 4.31 Å². The van der Waals surface area contributed by atoms with Crippen LogP contribution in [0.15, 0.2) is 23.1 Å². The molecule has 0 aliphatic heterocycles. The van der Waals surface area contributed by atoms with E-state index in [1.807, 2.05) is 0 Å². The molecule has 1 unspecified atom stereocenters. The number of anilines is 2. The van der Waals surface area contributed by atoms with Crippen molar-refractivity contribution in [2.75, 3.05) is 25.6 Å². The molecule has 72 valence electrons. The lowest BCUT2D eigenvalue weighted by Crippen LogP contribution is -2.16. The molecule has 4 nitrogen and oxygen atoms in total. The third kappa shape index (κ3) is 1.99. The van der Waals surface area contributed by atoms with Crippen LogP contribution in [0.1, 0.15) is 0 Å². The van der Waals surface area contributed by atoms with Gasteiger partial charge in [0.1, 0.15) is 11.0 Å². The van der Waals surface area contributed by atoms with Crippen molar-refractivity contribution >= 4 is 22.4 Å². The summed E-state index contributed by atoms with van der Waals surface area (Å²) in [7, 11) is 2.21. The Morgan fingerprint density at radius 3 is 2.46 bits per heavy atom. The summed E-state index contributed by atoms with van der Waals surface area (Å²) in [6.45, 7) is 0. The van der Waals surface area contributed by atoms with Gasteiger partial charge < -0.3 is 11.5 Å². The number of nitrogens with zero attached hydrogens (tertiary/aromatic N) is 1. The SMILES string of the molecule is CN(C)S(=O)c1cccc(N)c1N. The van der Waals surface area contributed by atoms with Crippen molar-refractivity contribution in [1.29, 1.82) is 0 Å². The van der Waals surface area contributed by atoms with Crippen molar-refractivity contribution < 1.29 is 4.21 Å². The number of rotatable bonds is 2. The first-order chi connectivity index (χ1) is 6.04. The summed E-state index contributed by atoms with van der Waals surface area (Å²) in [5.41, 5.74) is 12.1. The quantitative estimate of drug-likeness (QED) is 0.679. The van der Waals surface area contributed by atoms with E-state index in [1.54, 1.807) is 36.6 Å². The van der Waals surface area contributed by atoms with Crippen molar-refractivity contribution in [2.45, 2.75) is 4.90 Å². The topological polar surface area (TPSA) is 72.3 Å². The van der Waals surface area contributed by atoms with Gasteiger partial charge in [0, 0.05) is 0 Å². The van der Waals surface area contributed by atoms with Crippen LogP contribution in [0.5, 0.6) is 0 Å². The maximum absolute atomic E-state index is 11.6. The molecule has 0 saturated heterocycles. The Kier molecular flexibility index (Phi) is 2.90. The minimum atomic E-state index is -1.23. The predicted molar refractivity (Wildman–Crippen MR) is 55.4 cm³/mol. The van der Waals surface area contributed by atoms with E-state index >= 15 is 0 Å². The number of benzene rings is 1. The molecule has 0 aliphatic carbocycles. The van der Waals surface area contributed by atoms with Crippen molar-refractivity contribution in [3.8, 4) is 0 Å². The maximum atomic E-state index is 11.6. The van der Waals surface area contributed by atoms with Gasteiger partial charge in [-0.1, -0.05) is 6.07 Å². The zero-order valence-corrected chi connectivity index (χ0v) is 8.47. The molecule has 1 atom stereocenters. The molecule has 0 amide bonds. The summed E-state index contributed by atoms with van der Waals surface area (Å²) >= 11 is 0. The first-order valence-electron chi connectivity index (χ1n) is 3.77. The molecule has 1 aromatic carbocycles. The lowest BCUT2D eigenvalue weighted by Gasteiger charge is -2.12. The summed E-state index contributed by atoms with van der Waals surface area (Å²) in [5, 5.41) is 0. The van der Waals surface area contributed by atoms with Gasteiger partial charge in [-0.3, -0.25) is 0 Å². The van der Waals surface area contributed by atoms with Crippen LogP contribution in [0.2, 0.25) is 0 Å². The van der Waals surface area contributed by atoms with E-state index in [2.05, 4.69) is 0 Å². The van der Waals surface area contributed by atoms with E-state index in [1.165, 1.54) is 0 Å². The summed E-state index contributed by atoms with van der Waals surface area (Å²) in [6, 6.07) is 5.13. The van der Waals surface area contributed by atoms with Gasteiger partial charge in [-0.2, -0.15) is 0 Å². The van der Waals surface area contributed by atoms with Crippen molar-refractivity contribution in [3.05, 3.63) is 18.2 Å².